The van der Waals surface area contributed by atoms with Crippen molar-refractivity contribution in [2.75, 3.05) is 0 Å². The number of ketones is 2. The van der Waals surface area contributed by atoms with Crippen LogP contribution in [-0.2, 0) is 0 Å². The summed E-state index contributed by atoms with van der Waals surface area (Å²) in [4.78, 5) is 21.7. The molecule has 0 saturated heterocycles. The van der Waals surface area contributed by atoms with Gasteiger partial charge >= 0.3 is 0 Å². The van der Waals surface area contributed by atoms with Gasteiger partial charge in [0.2, 0.25) is 0 Å². The van der Waals surface area contributed by atoms with E-state index in [1.807, 2.05) is 32.0 Å². The lowest BCUT2D eigenvalue weighted by atomic mass is 10.0. The number of rotatable bonds is 2. The van der Waals surface area contributed by atoms with Gasteiger partial charge in [0.25, 0.3) is 0 Å². The van der Waals surface area contributed by atoms with Crippen molar-refractivity contribution in [3.8, 4) is 5.75 Å². The molecule has 3 heteroatoms. The van der Waals surface area contributed by atoms with E-state index in [1.165, 1.54) is 24.1 Å². The molecule has 0 unspecified atom stereocenters. The van der Waals surface area contributed by atoms with Gasteiger partial charge in [0.15, 0.2) is 11.6 Å². The fourth-order valence-corrected chi connectivity index (χ4v) is 1.83. The molecule has 124 valence electrons. The summed E-state index contributed by atoms with van der Waals surface area (Å²) in [6.07, 6.45) is 0. The number of carbonyl (C=O) groups is 2. The van der Waals surface area contributed by atoms with Crippen LogP contribution in [0.5, 0.6) is 5.75 Å². The van der Waals surface area contributed by atoms with Gasteiger partial charge in [-0.25, -0.2) is 0 Å². The Kier molecular flexibility index (Phi) is 7.95. The van der Waals surface area contributed by atoms with Gasteiger partial charge in [-0.2, -0.15) is 0 Å². The van der Waals surface area contributed by atoms with Gasteiger partial charge in [-0.15, -0.1) is 0 Å². The number of hydrogen-bond donors (Lipinski definition) is 1. The standard InChI is InChI=1S/C10H12O.C9H10O2.CH4/c1-7-4-5-10(9(3)11)6-8(7)2;1-6-5-8(7(2)10)3-4-9(6)11;/h4-6H,1-3H3;3-5,11H,1-2H3;1H4. The molecule has 0 bridgehead atoms. The van der Waals surface area contributed by atoms with Crippen molar-refractivity contribution in [3.63, 3.8) is 0 Å². The molecule has 0 aromatic heterocycles. The molecule has 0 aliphatic carbocycles. The van der Waals surface area contributed by atoms with Crippen molar-refractivity contribution >= 4 is 11.6 Å². The first-order chi connectivity index (χ1) is 10.2. The van der Waals surface area contributed by atoms with Crippen LogP contribution in [0.2, 0.25) is 0 Å². The fourth-order valence-electron chi connectivity index (χ4n) is 1.83. The van der Waals surface area contributed by atoms with Crippen LogP contribution >= 0.6 is 0 Å². The number of carbonyl (C=O) groups excluding carboxylic acids is 2. The van der Waals surface area contributed by atoms with E-state index in [-0.39, 0.29) is 24.7 Å². The number of phenolic OH excluding ortho intramolecular Hbond substituents is 1. The van der Waals surface area contributed by atoms with Crippen molar-refractivity contribution in [1.29, 1.82) is 0 Å². The van der Waals surface area contributed by atoms with Crippen molar-refractivity contribution in [1.82, 2.24) is 0 Å². The van der Waals surface area contributed by atoms with Crippen LogP contribution in [0.3, 0.4) is 0 Å². The van der Waals surface area contributed by atoms with Gasteiger partial charge in [-0.05, 0) is 75.6 Å². The molecule has 0 spiro atoms. The SMILES string of the molecule is C.CC(=O)c1ccc(C)c(C)c1.CC(=O)c1ccc(O)c(C)c1. The molecule has 0 heterocycles. The van der Waals surface area contributed by atoms with E-state index in [1.54, 1.807) is 26.0 Å². The molecule has 3 nitrogen and oxygen atoms in total. The van der Waals surface area contributed by atoms with Gasteiger partial charge in [0.05, 0.1) is 0 Å². The molecular weight excluding hydrogens is 288 g/mol. The third-order valence-corrected chi connectivity index (χ3v) is 3.52. The van der Waals surface area contributed by atoms with Gasteiger partial charge in [0, 0.05) is 11.1 Å². The maximum absolute atomic E-state index is 10.9. The fraction of sp³-hybridized carbons (Fsp3) is 0.300. The Morgan fingerprint density at radius 3 is 1.57 bits per heavy atom. The number of benzene rings is 2. The Balaban J connectivity index is 0.000000403. The lowest BCUT2D eigenvalue weighted by Gasteiger charge is -2.00. The normalized spacial score (nSPS) is 9.26. The summed E-state index contributed by atoms with van der Waals surface area (Å²) in [5, 5.41) is 9.11. The highest BCUT2D eigenvalue weighted by Gasteiger charge is 2.01. The van der Waals surface area contributed by atoms with Crippen LogP contribution in [0.25, 0.3) is 0 Å². The molecule has 0 aliphatic rings. The average Bonchev–Trinajstić information content (AvgIpc) is 2.45. The Bertz CT molecular complexity index is 639. The van der Waals surface area contributed by atoms with Crippen molar-refractivity contribution in [2.24, 2.45) is 0 Å². The predicted octanol–water partition coefficient (Wildman–Crippen LogP) is 5.05. The molecule has 2 rings (SSSR count). The number of aromatic hydroxyl groups is 1. The molecule has 1 N–H and O–H groups in total. The first-order valence-electron chi connectivity index (χ1n) is 7.11. The van der Waals surface area contributed by atoms with E-state index in [4.69, 9.17) is 5.11 Å². The molecule has 0 aliphatic heterocycles. The summed E-state index contributed by atoms with van der Waals surface area (Å²) in [7, 11) is 0. The molecular formula is C20H26O3. The molecule has 0 atom stereocenters. The average molecular weight is 314 g/mol. The minimum atomic E-state index is 0. The molecule has 0 saturated carbocycles. The molecule has 23 heavy (non-hydrogen) atoms. The Labute approximate surface area is 139 Å². The second kappa shape index (κ2) is 8.89. The zero-order valence-corrected chi connectivity index (χ0v) is 13.7. The highest BCUT2D eigenvalue weighted by atomic mass is 16.3. The van der Waals surface area contributed by atoms with Gasteiger partial charge in [-0.1, -0.05) is 19.6 Å². The van der Waals surface area contributed by atoms with Crippen molar-refractivity contribution in [3.05, 3.63) is 64.2 Å². The third-order valence-electron chi connectivity index (χ3n) is 3.52. The van der Waals surface area contributed by atoms with E-state index in [2.05, 4.69) is 0 Å². The second-order valence-corrected chi connectivity index (χ2v) is 5.41. The monoisotopic (exact) mass is 314 g/mol. The van der Waals surface area contributed by atoms with E-state index in [9.17, 15) is 9.59 Å². The first-order valence-corrected chi connectivity index (χ1v) is 7.11. The van der Waals surface area contributed by atoms with Crippen LogP contribution < -0.4 is 0 Å². The zero-order chi connectivity index (χ0) is 16.9. The minimum Gasteiger partial charge on any atom is -0.508 e. The lowest BCUT2D eigenvalue weighted by molar-refractivity contribution is 0.100. The van der Waals surface area contributed by atoms with Gasteiger partial charge < -0.3 is 5.11 Å². The minimum absolute atomic E-state index is 0. The quantitative estimate of drug-likeness (QED) is 0.790. The van der Waals surface area contributed by atoms with Crippen LogP contribution in [0.1, 0.15) is 58.7 Å². The molecule has 2 aromatic rings. The van der Waals surface area contributed by atoms with E-state index >= 15 is 0 Å². The summed E-state index contributed by atoms with van der Waals surface area (Å²) >= 11 is 0. The van der Waals surface area contributed by atoms with Crippen LogP contribution in [0.15, 0.2) is 36.4 Å². The maximum Gasteiger partial charge on any atom is 0.159 e. The summed E-state index contributed by atoms with van der Waals surface area (Å²) in [5.74, 6) is 0.385. The van der Waals surface area contributed by atoms with Crippen LogP contribution in [0, 0.1) is 20.8 Å². The second-order valence-electron chi connectivity index (χ2n) is 5.41. The van der Waals surface area contributed by atoms with Crippen LogP contribution in [-0.4, -0.2) is 16.7 Å². The summed E-state index contributed by atoms with van der Waals surface area (Å²) in [6, 6.07) is 10.6. The highest BCUT2D eigenvalue weighted by Crippen LogP contribution is 2.16. The number of aryl methyl sites for hydroxylation is 3. The topological polar surface area (TPSA) is 54.4 Å². The zero-order valence-electron chi connectivity index (χ0n) is 13.7. The van der Waals surface area contributed by atoms with E-state index < -0.39 is 0 Å². The summed E-state index contributed by atoms with van der Waals surface area (Å²) in [6.45, 7) is 8.92. The molecule has 0 radical (unpaired) electrons. The Morgan fingerprint density at radius 1 is 0.739 bits per heavy atom. The predicted molar refractivity (Wildman–Crippen MR) is 95.5 cm³/mol. The van der Waals surface area contributed by atoms with E-state index in [0.29, 0.717) is 5.56 Å². The largest absolute Gasteiger partial charge is 0.508 e. The number of hydrogen-bond acceptors (Lipinski definition) is 3. The van der Waals surface area contributed by atoms with E-state index in [0.717, 1.165) is 11.1 Å². The molecule has 0 amide bonds. The first kappa shape index (κ1) is 20.6. The lowest BCUT2D eigenvalue weighted by Crippen LogP contribution is -1.93. The molecule has 2 aromatic carbocycles. The molecule has 0 fully saturated rings. The summed E-state index contributed by atoms with van der Waals surface area (Å²) in [5.41, 5.74) is 4.58. The van der Waals surface area contributed by atoms with Gasteiger partial charge in [0.1, 0.15) is 5.75 Å². The van der Waals surface area contributed by atoms with Crippen LogP contribution in [0.4, 0.5) is 0 Å². The number of Topliss-reactive ketones (excluding diaryl/α,β-unsaturated/α-hetero) is 2. The van der Waals surface area contributed by atoms with Crippen molar-refractivity contribution < 1.29 is 14.7 Å². The maximum atomic E-state index is 10.9. The Morgan fingerprint density at radius 2 is 1.17 bits per heavy atom. The van der Waals surface area contributed by atoms with Crippen molar-refractivity contribution in [2.45, 2.75) is 42.0 Å². The smallest absolute Gasteiger partial charge is 0.159 e. The number of phenols is 1. The highest BCUT2D eigenvalue weighted by molar-refractivity contribution is 5.94. The third kappa shape index (κ3) is 6.07. The summed E-state index contributed by atoms with van der Waals surface area (Å²) < 4.78 is 0. The Hall–Kier alpha value is -2.42. The van der Waals surface area contributed by atoms with Gasteiger partial charge in [-0.3, -0.25) is 9.59 Å².